The van der Waals surface area contributed by atoms with Gasteiger partial charge < -0.3 is 9.53 Å². The molecule has 122 valence electrons. The van der Waals surface area contributed by atoms with E-state index in [1.165, 1.54) is 0 Å². The summed E-state index contributed by atoms with van der Waals surface area (Å²) in [5.74, 6) is 2.15. The number of benzene rings is 2. The molecule has 0 saturated carbocycles. The van der Waals surface area contributed by atoms with Crippen molar-refractivity contribution in [3.8, 4) is 22.9 Å². The van der Waals surface area contributed by atoms with Crippen LogP contribution >= 0.6 is 0 Å². The first kappa shape index (κ1) is 15.9. The molecule has 0 radical (unpaired) electrons. The Morgan fingerprint density at radius 2 is 2.00 bits per heavy atom. The predicted molar refractivity (Wildman–Crippen MR) is 89.9 cm³/mol. The summed E-state index contributed by atoms with van der Waals surface area (Å²) in [7, 11) is 0. The number of carbonyl (C=O) groups is 1. The second-order valence-electron chi connectivity index (χ2n) is 5.66. The summed E-state index contributed by atoms with van der Waals surface area (Å²) >= 11 is 0. The Morgan fingerprint density at radius 3 is 2.75 bits per heavy atom. The quantitative estimate of drug-likeness (QED) is 0.751. The number of nitrogens with zero attached hydrogens (tertiary/aromatic N) is 3. The Bertz CT molecular complexity index is 844. The molecule has 0 fully saturated rings. The van der Waals surface area contributed by atoms with Gasteiger partial charge in [-0.05, 0) is 60.9 Å². The van der Waals surface area contributed by atoms with Crippen molar-refractivity contribution in [2.75, 3.05) is 0 Å². The summed E-state index contributed by atoms with van der Waals surface area (Å²) in [6, 6.07) is 13.5. The Labute approximate surface area is 139 Å². The van der Waals surface area contributed by atoms with Crippen molar-refractivity contribution in [1.82, 2.24) is 20.6 Å². The van der Waals surface area contributed by atoms with E-state index in [4.69, 9.17) is 4.74 Å². The summed E-state index contributed by atoms with van der Waals surface area (Å²) in [6.45, 7) is 3.59. The number of Topliss-reactive ketones (excluding diaryl/α,β-unsaturated/α-hetero) is 1. The molecule has 0 bridgehead atoms. The van der Waals surface area contributed by atoms with Gasteiger partial charge >= 0.3 is 0 Å². The van der Waals surface area contributed by atoms with Crippen molar-refractivity contribution in [2.24, 2.45) is 0 Å². The van der Waals surface area contributed by atoms with Gasteiger partial charge in [-0.1, -0.05) is 18.2 Å². The lowest BCUT2D eigenvalue weighted by atomic mass is 10.1. The Balaban J connectivity index is 1.80. The smallest absolute Gasteiger partial charge is 0.205 e. The van der Waals surface area contributed by atoms with Crippen LogP contribution in [0.2, 0.25) is 0 Å². The highest BCUT2D eigenvalue weighted by molar-refractivity contribution is 5.75. The lowest BCUT2D eigenvalue weighted by Crippen LogP contribution is -1.94. The van der Waals surface area contributed by atoms with Crippen molar-refractivity contribution >= 4 is 5.78 Å². The lowest BCUT2D eigenvalue weighted by molar-refractivity contribution is -0.116. The predicted octanol–water partition coefficient (Wildman–Crippen LogP) is 3.49. The van der Waals surface area contributed by atoms with Crippen molar-refractivity contribution in [2.45, 2.75) is 26.7 Å². The maximum atomic E-state index is 11.1. The van der Waals surface area contributed by atoms with E-state index in [0.717, 1.165) is 22.4 Å². The van der Waals surface area contributed by atoms with Gasteiger partial charge in [0.2, 0.25) is 5.82 Å². The van der Waals surface area contributed by atoms with E-state index in [0.29, 0.717) is 24.4 Å². The zero-order valence-corrected chi connectivity index (χ0v) is 13.6. The molecule has 2 aromatic carbocycles. The van der Waals surface area contributed by atoms with E-state index >= 15 is 0 Å². The van der Waals surface area contributed by atoms with Crippen molar-refractivity contribution < 1.29 is 9.53 Å². The zero-order valence-electron chi connectivity index (χ0n) is 13.6. The molecule has 3 aromatic rings. The van der Waals surface area contributed by atoms with Gasteiger partial charge in [0.05, 0.1) is 0 Å². The van der Waals surface area contributed by atoms with Crippen LogP contribution in [0.25, 0.3) is 11.4 Å². The van der Waals surface area contributed by atoms with E-state index in [1.54, 1.807) is 6.92 Å². The van der Waals surface area contributed by atoms with Gasteiger partial charge in [-0.2, -0.15) is 5.21 Å². The molecule has 3 rings (SSSR count). The van der Waals surface area contributed by atoms with Crippen LogP contribution in [0.4, 0.5) is 0 Å². The van der Waals surface area contributed by atoms with Crippen LogP contribution in [0, 0.1) is 6.92 Å². The number of aryl methyl sites for hydroxylation is 2. The molecule has 1 aromatic heterocycles. The molecular formula is C18H18N4O2. The molecule has 0 aliphatic rings. The lowest BCUT2D eigenvalue weighted by Gasteiger charge is -2.09. The zero-order chi connectivity index (χ0) is 16.9. The minimum absolute atomic E-state index is 0.185. The fourth-order valence-electron chi connectivity index (χ4n) is 2.40. The SMILES string of the molecule is CC(=O)CCc1cccc(Oc2ccc(C)c(-c3nn[nH]n3)c2)c1. The highest BCUT2D eigenvalue weighted by atomic mass is 16.5. The molecule has 0 spiro atoms. The van der Waals surface area contributed by atoms with Gasteiger partial charge in [0.1, 0.15) is 17.3 Å². The number of rotatable bonds is 6. The van der Waals surface area contributed by atoms with Crippen LogP contribution in [-0.4, -0.2) is 26.4 Å². The maximum Gasteiger partial charge on any atom is 0.205 e. The van der Waals surface area contributed by atoms with E-state index in [2.05, 4.69) is 20.6 Å². The number of aromatic nitrogens is 4. The van der Waals surface area contributed by atoms with E-state index in [9.17, 15) is 4.79 Å². The Morgan fingerprint density at radius 1 is 1.17 bits per heavy atom. The highest BCUT2D eigenvalue weighted by Gasteiger charge is 2.09. The number of hydrogen-bond acceptors (Lipinski definition) is 5. The third-order valence-electron chi connectivity index (χ3n) is 3.70. The normalized spacial score (nSPS) is 10.6. The van der Waals surface area contributed by atoms with E-state index in [1.807, 2.05) is 49.4 Å². The first-order chi connectivity index (χ1) is 11.6. The van der Waals surface area contributed by atoms with Crippen molar-refractivity contribution in [3.63, 3.8) is 0 Å². The summed E-state index contributed by atoms with van der Waals surface area (Å²) in [6.07, 6.45) is 1.25. The number of ether oxygens (including phenoxy) is 1. The summed E-state index contributed by atoms with van der Waals surface area (Å²) < 4.78 is 5.95. The summed E-state index contributed by atoms with van der Waals surface area (Å²) in [5, 5.41) is 14.1. The molecule has 0 unspecified atom stereocenters. The molecule has 24 heavy (non-hydrogen) atoms. The van der Waals surface area contributed by atoms with Crippen molar-refractivity contribution in [3.05, 3.63) is 53.6 Å². The molecular weight excluding hydrogens is 304 g/mol. The largest absolute Gasteiger partial charge is 0.457 e. The molecule has 6 nitrogen and oxygen atoms in total. The number of tetrazole rings is 1. The minimum Gasteiger partial charge on any atom is -0.457 e. The van der Waals surface area contributed by atoms with Crippen LogP contribution in [0.5, 0.6) is 11.5 Å². The topological polar surface area (TPSA) is 80.8 Å². The number of nitrogens with one attached hydrogen (secondary N) is 1. The van der Waals surface area contributed by atoms with Crippen LogP contribution < -0.4 is 4.74 Å². The van der Waals surface area contributed by atoms with Gasteiger partial charge in [-0.25, -0.2) is 0 Å². The number of ketones is 1. The molecule has 0 aliphatic heterocycles. The third-order valence-corrected chi connectivity index (χ3v) is 3.70. The number of carbonyl (C=O) groups excluding carboxylic acids is 1. The molecule has 1 heterocycles. The average Bonchev–Trinajstić information content (AvgIpc) is 3.09. The number of hydrogen-bond donors (Lipinski definition) is 1. The van der Waals surface area contributed by atoms with Gasteiger partial charge in [-0.3, -0.25) is 0 Å². The molecule has 6 heteroatoms. The Kier molecular flexibility index (Phi) is 4.65. The van der Waals surface area contributed by atoms with Crippen LogP contribution in [-0.2, 0) is 11.2 Å². The Hall–Kier alpha value is -3.02. The van der Waals surface area contributed by atoms with Crippen LogP contribution in [0.3, 0.4) is 0 Å². The fourth-order valence-corrected chi connectivity index (χ4v) is 2.40. The highest BCUT2D eigenvalue weighted by Crippen LogP contribution is 2.28. The molecule has 0 atom stereocenters. The second-order valence-corrected chi connectivity index (χ2v) is 5.66. The summed E-state index contributed by atoms with van der Waals surface area (Å²) in [4.78, 5) is 11.1. The van der Waals surface area contributed by atoms with Gasteiger partial charge in [0, 0.05) is 12.0 Å². The molecule has 0 aliphatic carbocycles. The van der Waals surface area contributed by atoms with E-state index < -0.39 is 0 Å². The van der Waals surface area contributed by atoms with Gasteiger partial charge in [0.15, 0.2) is 0 Å². The maximum absolute atomic E-state index is 11.1. The van der Waals surface area contributed by atoms with Gasteiger partial charge in [0.25, 0.3) is 0 Å². The monoisotopic (exact) mass is 322 g/mol. The van der Waals surface area contributed by atoms with Crippen molar-refractivity contribution in [1.29, 1.82) is 0 Å². The minimum atomic E-state index is 0.185. The standard InChI is InChI=1S/C18H18N4O2/c1-12-6-9-16(11-17(12)18-19-21-22-20-18)24-15-5-3-4-14(10-15)8-7-13(2)23/h3-6,9-11H,7-8H2,1-2H3,(H,19,20,21,22). The molecule has 0 amide bonds. The van der Waals surface area contributed by atoms with Crippen LogP contribution in [0.1, 0.15) is 24.5 Å². The molecule has 1 N–H and O–H groups in total. The van der Waals surface area contributed by atoms with Crippen LogP contribution in [0.15, 0.2) is 42.5 Å². The summed E-state index contributed by atoms with van der Waals surface area (Å²) in [5.41, 5.74) is 2.99. The number of aromatic amines is 1. The second kappa shape index (κ2) is 7.04. The first-order valence-corrected chi connectivity index (χ1v) is 7.72. The van der Waals surface area contributed by atoms with Gasteiger partial charge in [-0.15, -0.1) is 10.2 Å². The fraction of sp³-hybridized carbons (Fsp3) is 0.222. The molecule has 0 saturated heterocycles. The number of H-pyrrole nitrogens is 1. The third kappa shape index (κ3) is 3.84. The average molecular weight is 322 g/mol. The first-order valence-electron chi connectivity index (χ1n) is 7.72. The van der Waals surface area contributed by atoms with E-state index in [-0.39, 0.29) is 5.78 Å².